The van der Waals surface area contributed by atoms with E-state index in [9.17, 15) is 0 Å². The lowest BCUT2D eigenvalue weighted by Crippen LogP contribution is -2.27. The van der Waals surface area contributed by atoms with Gasteiger partial charge >= 0.3 is 0 Å². The molecule has 0 fully saturated rings. The highest BCUT2D eigenvalue weighted by molar-refractivity contribution is 6.21. The van der Waals surface area contributed by atoms with Crippen LogP contribution in [0.2, 0.25) is 0 Å². The zero-order valence-corrected chi connectivity index (χ0v) is 11.7. The van der Waals surface area contributed by atoms with E-state index in [1.807, 2.05) is 24.3 Å². The molecule has 0 N–H and O–H groups in total. The van der Waals surface area contributed by atoms with Crippen molar-refractivity contribution < 1.29 is 4.42 Å². The topological polar surface area (TPSA) is 26.0 Å². The Morgan fingerprint density at radius 3 is 2.80 bits per heavy atom. The van der Waals surface area contributed by atoms with Gasteiger partial charge in [0.25, 0.3) is 0 Å². The maximum absolute atomic E-state index is 6.57. The summed E-state index contributed by atoms with van der Waals surface area (Å²) in [5.41, 5.74) is 4.53. The quantitative estimate of drug-likeness (QED) is 0.669. The van der Waals surface area contributed by atoms with Crippen molar-refractivity contribution in [2.75, 3.05) is 0 Å². The van der Waals surface area contributed by atoms with Gasteiger partial charge in [0, 0.05) is 17.7 Å². The van der Waals surface area contributed by atoms with Crippen molar-refractivity contribution in [2.24, 2.45) is 0 Å². The number of fused-ring (bicyclic) bond motifs is 2. The van der Waals surface area contributed by atoms with Crippen LogP contribution in [0.1, 0.15) is 22.9 Å². The Balaban J connectivity index is 1.55. The summed E-state index contributed by atoms with van der Waals surface area (Å²) in [7, 11) is 0. The number of rotatable bonds is 3. The first-order chi connectivity index (χ1) is 9.81. The lowest BCUT2D eigenvalue weighted by atomic mass is 9.75. The van der Waals surface area contributed by atoms with Crippen molar-refractivity contribution in [1.29, 1.82) is 0 Å². The van der Waals surface area contributed by atoms with Crippen molar-refractivity contribution in [3.63, 3.8) is 0 Å². The van der Waals surface area contributed by atoms with Gasteiger partial charge in [0.15, 0.2) is 11.5 Å². The van der Waals surface area contributed by atoms with Crippen LogP contribution in [-0.4, -0.2) is 10.4 Å². The normalized spacial score (nSPS) is 18.6. The molecule has 20 heavy (non-hydrogen) atoms. The Morgan fingerprint density at radius 2 is 1.95 bits per heavy atom. The number of hydrogen-bond acceptors (Lipinski definition) is 2. The van der Waals surface area contributed by atoms with Gasteiger partial charge in [-0.05, 0) is 29.7 Å². The molecule has 0 saturated carbocycles. The van der Waals surface area contributed by atoms with Crippen molar-refractivity contribution in [2.45, 2.75) is 24.1 Å². The van der Waals surface area contributed by atoms with E-state index in [2.05, 4.69) is 29.2 Å². The molecule has 2 atom stereocenters. The summed E-state index contributed by atoms with van der Waals surface area (Å²) >= 11 is 6.57. The number of nitrogens with zero attached hydrogens (tertiary/aromatic N) is 1. The SMILES string of the molecule is ClC(Cc1nc2ccccc2o1)C1Cc2ccccc21. The van der Waals surface area contributed by atoms with E-state index < -0.39 is 0 Å². The fourth-order valence-electron chi connectivity index (χ4n) is 2.94. The fourth-order valence-corrected chi connectivity index (χ4v) is 3.29. The van der Waals surface area contributed by atoms with E-state index in [1.54, 1.807) is 0 Å². The van der Waals surface area contributed by atoms with E-state index in [0.29, 0.717) is 12.3 Å². The van der Waals surface area contributed by atoms with Crippen LogP contribution in [0.4, 0.5) is 0 Å². The van der Waals surface area contributed by atoms with Crippen LogP contribution in [0.15, 0.2) is 52.9 Å². The number of para-hydroxylation sites is 2. The van der Waals surface area contributed by atoms with Crippen molar-refractivity contribution in [1.82, 2.24) is 4.98 Å². The van der Waals surface area contributed by atoms with Crippen molar-refractivity contribution in [3.8, 4) is 0 Å². The molecule has 2 aromatic carbocycles. The number of halogens is 1. The van der Waals surface area contributed by atoms with Crippen molar-refractivity contribution in [3.05, 3.63) is 65.5 Å². The maximum atomic E-state index is 6.57. The molecule has 1 aromatic heterocycles. The second-order valence-corrected chi connectivity index (χ2v) is 5.87. The lowest BCUT2D eigenvalue weighted by Gasteiger charge is -2.33. The summed E-state index contributed by atoms with van der Waals surface area (Å²) in [5, 5.41) is 0.0398. The average molecular weight is 284 g/mol. The summed E-state index contributed by atoms with van der Waals surface area (Å²) < 4.78 is 5.75. The minimum absolute atomic E-state index is 0.0398. The van der Waals surface area contributed by atoms with Crippen LogP contribution < -0.4 is 0 Å². The first-order valence-corrected chi connectivity index (χ1v) is 7.31. The fraction of sp³-hybridized carbons (Fsp3) is 0.235. The molecular formula is C17H14ClNO. The highest BCUT2D eigenvalue weighted by Gasteiger charge is 2.32. The van der Waals surface area contributed by atoms with Crippen molar-refractivity contribution >= 4 is 22.7 Å². The molecule has 1 aliphatic rings. The largest absolute Gasteiger partial charge is 0.441 e. The Labute approximate surface area is 122 Å². The smallest absolute Gasteiger partial charge is 0.196 e. The van der Waals surface area contributed by atoms with E-state index in [4.69, 9.17) is 16.0 Å². The molecule has 1 heterocycles. The van der Waals surface area contributed by atoms with Gasteiger partial charge in [0.2, 0.25) is 0 Å². The van der Waals surface area contributed by atoms with Crippen LogP contribution in [-0.2, 0) is 12.8 Å². The molecule has 0 saturated heterocycles. The minimum Gasteiger partial charge on any atom is -0.441 e. The molecule has 0 bridgehead atoms. The predicted molar refractivity (Wildman–Crippen MR) is 80.2 cm³/mol. The highest BCUT2D eigenvalue weighted by Crippen LogP contribution is 2.40. The van der Waals surface area contributed by atoms with Crippen LogP contribution in [0.25, 0.3) is 11.1 Å². The third-order valence-corrected chi connectivity index (χ3v) is 4.50. The monoisotopic (exact) mass is 283 g/mol. The van der Waals surface area contributed by atoms with Crippen LogP contribution in [0.5, 0.6) is 0 Å². The Bertz CT molecular complexity index is 731. The van der Waals surface area contributed by atoms with E-state index in [1.165, 1.54) is 11.1 Å². The molecule has 0 amide bonds. The summed E-state index contributed by atoms with van der Waals surface area (Å²) in [6.07, 6.45) is 1.74. The minimum atomic E-state index is 0.0398. The van der Waals surface area contributed by atoms with Gasteiger partial charge in [-0.1, -0.05) is 36.4 Å². The Morgan fingerprint density at radius 1 is 1.15 bits per heavy atom. The van der Waals surface area contributed by atoms with Gasteiger partial charge in [0.1, 0.15) is 5.52 Å². The summed E-state index contributed by atoms with van der Waals surface area (Å²) in [4.78, 5) is 4.50. The molecule has 2 unspecified atom stereocenters. The van der Waals surface area contributed by atoms with Gasteiger partial charge in [-0.15, -0.1) is 11.6 Å². The third kappa shape index (κ3) is 1.92. The molecular weight excluding hydrogens is 270 g/mol. The molecule has 3 heteroatoms. The number of hydrogen-bond donors (Lipinski definition) is 0. The van der Waals surface area contributed by atoms with Gasteiger partial charge in [-0.3, -0.25) is 0 Å². The first kappa shape index (κ1) is 12.0. The van der Waals surface area contributed by atoms with Gasteiger partial charge < -0.3 is 4.42 Å². The van der Waals surface area contributed by atoms with E-state index in [-0.39, 0.29) is 5.38 Å². The first-order valence-electron chi connectivity index (χ1n) is 6.87. The van der Waals surface area contributed by atoms with Crippen LogP contribution in [0.3, 0.4) is 0 Å². The van der Waals surface area contributed by atoms with E-state index >= 15 is 0 Å². The van der Waals surface area contributed by atoms with Gasteiger partial charge in [0.05, 0.1) is 0 Å². The molecule has 100 valence electrons. The van der Waals surface area contributed by atoms with Gasteiger partial charge in [-0.25, -0.2) is 4.98 Å². The second kappa shape index (κ2) is 4.64. The predicted octanol–water partition coefficient (Wildman–Crippen LogP) is 4.32. The van der Waals surface area contributed by atoms with Gasteiger partial charge in [-0.2, -0.15) is 0 Å². The summed E-state index contributed by atoms with van der Waals surface area (Å²) in [5.74, 6) is 1.15. The van der Waals surface area contributed by atoms with E-state index in [0.717, 1.165) is 23.4 Å². The third-order valence-electron chi connectivity index (χ3n) is 4.04. The number of oxazole rings is 1. The van der Waals surface area contributed by atoms with Crippen LogP contribution in [0, 0.1) is 0 Å². The maximum Gasteiger partial charge on any atom is 0.196 e. The summed E-state index contributed by atoms with van der Waals surface area (Å²) in [6, 6.07) is 16.3. The zero-order chi connectivity index (χ0) is 13.5. The lowest BCUT2D eigenvalue weighted by molar-refractivity contribution is 0.485. The standard InChI is InChI=1S/C17H14ClNO/c18-14(13-9-11-5-1-2-6-12(11)13)10-17-19-15-7-3-4-8-16(15)20-17/h1-8,13-14H,9-10H2. The zero-order valence-electron chi connectivity index (χ0n) is 10.9. The van der Waals surface area contributed by atoms with Crippen LogP contribution >= 0.6 is 11.6 Å². The Hall–Kier alpha value is -1.80. The molecule has 0 radical (unpaired) electrons. The molecule has 0 aliphatic heterocycles. The second-order valence-electron chi connectivity index (χ2n) is 5.30. The number of alkyl halides is 1. The molecule has 2 nitrogen and oxygen atoms in total. The number of aromatic nitrogens is 1. The molecule has 1 aliphatic carbocycles. The molecule has 0 spiro atoms. The molecule has 4 rings (SSSR count). The highest BCUT2D eigenvalue weighted by atomic mass is 35.5. The number of benzene rings is 2. The summed E-state index contributed by atoms with van der Waals surface area (Å²) in [6.45, 7) is 0. The molecule has 3 aromatic rings. The average Bonchev–Trinajstić information content (AvgIpc) is 2.82. The Kier molecular flexibility index (Phi) is 2.78.